The summed E-state index contributed by atoms with van der Waals surface area (Å²) in [6, 6.07) is 19.4. The first-order chi connectivity index (χ1) is 31.0. The Kier molecular flexibility index (Phi) is 11.7. The summed E-state index contributed by atoms with van der Waals surface area (Å²) in [6.07, 6.45) is 12.6. The van der Waals surface area contributed by atoms with E-state index in [4.69, 9.17) is 9.47 Å². The van der Waals surface area contributed by atoms with E-state index >= 15 is 0 Å². The zero-order chi connectivity index (χ0) is 44.0. The number of nitrogens with one attached hydrogen (secondary N) is 3. The molecule has 1 atom stereocenters. The molecule has 16 nitrogen and oxygen atoms in total. The molecule has 1 spiro atoms. The van der Waals surface area contributed by atoms with E-state index in [1.807, 2.05) is 6.07 Å². The largest absolute Gasteiger partial charge is 0.616 e. The fraction of sp³-hybridized carbons (Fsp3) is 0.457. The number of aromatic amines is 1. The van der Waals surface area contributed by atoms with E-state index in [-0.39, 0.29) is 34.5 Å². The Hall–Kier alpha value is -5.27. The van der Waals surface area contributed by atoms with E-state index in [1.54, 1.807) is 30.5 Å². The third-order valence-corrected chi connectivity index (χ3v) is 16.7. The van der Waals surface area contributed by atoms with Crippen molar-refractivity contribution in [3.63, 3.8) is 0 Å². The lowest BCUT2D eigenvalue weighted by Gasteiger charge is -2.57. The second-order valence-electron chi connectivity index (χ2n) is 18.1. The molecule has 2 aliphatic carbocycles. The monoisotopic (exact) mass is 908 g/mol. The van der Waals surface area contributed by atoms with Crippen LogP contribution in [0.2, 0.25) is 0 Å². The summed E-state index contributed by atoms with van der Waals surface area (Å²) in [7, 11) is -4.63. The molecule has 6 heterocycles. The summed E-state index contributed by atoms with van der Waals surface area (Å²) in [5, 5.41) is 15.8. The summed E-state index contributed by atoms with van der Waals surface area (Å²) >= 11 is -0.851. The predicted octanol–water partition coefficient (Wildman–Crippen LogP) is 7.05. The number of rotatable bonds is 13. The molecule has 3 aliphatic heterocycles. The number of piperidine rings is 1. The lowest BCUT2D eigenvalue weighted by Crippen LogP contribution is -2.58. The van der Waals surface area contributed by atoms with E-state index in [9.17, 15) is 27.9 Å². The van der Waals surface area contributed by atoms with Gasteiger partial charge >= 0.3 is 5.69 Å². The van der Waals surface area contributed by atoms with E-state index in [0.717, 1.165) is 81.9 Å². The average molecular weight is 909 g/mol. The number of carbonyl (C=O) groups is 1. The van der Waals surface area contributed by atoms with Gasteiger partial charge in [-0.05, 0) is 104 Å². The number of nitrogens with zero attached hydrogens (tertiary/aromatic N) is 5. The van der Waals surface area contributed by atoms with Gasteiger partial charge in [0.25, 0.3) is 15.9 Å². The van der Waals surface area contributed by atoms with Gasteiger partial charge in [-0.15, -0.1) is 0 Å². The number of hydrogen-bond donors (Lipinski definition) is 3. The molecular formula is C46H52N8O8S2. The van der Waals surface area contributed by atoms with Gasteiger partial charge < -0.3 is 29.2 Å². The number of sulfonamides is 1. The molecule has 336 valence electrons. The molecule has 0 bridgehead atoms. The third-order valence-electron chi connectivity index (χ3n) is 14.0. The number of hydrogen-bond acceptors (Lipinski definition) is 13. The van der Waals surface area contributed by atoms with Gasteiger partial charge in [-0.2, -0.15) is 0 Å². The molecule has 1 amide bonds. The second-order valence-corrected chi connectivity index (χ2v) is 21.4. The molecule has 64 heavy (non-hydrogen) atoms. The van der Waals surface area contributed by atoms with Crippen molar-refractivity contribution < 1.29 is 32.2 Å². The maximum atomic E-state index is 13.9. The number of aromatic nitrogens is 3. The molecule has 0 radical (unpaired) electrons. The molecule has 10 rings (SSSR count). The molecule has 3 saturated heterocycles. The Morgan fingerprint density at radius 3 is 2.53 bits per heavy atom. The van der Waals surface area contributed by atoms with Crippen LogP contribution in [-0.4, -0.2) is 101 Å². The van der Waals surface area contributed by atoms with Gasteiger partial charge in [0.1, 0.15) is 33.5 Å². The molecule has 2 saturated carbocycles. The van der Waals surface area contributed by atoms with Gasteiger partial charge in [-0.1, -0.05) is 35.4 Å². The van der Waals surface area contributed by atoms with Crippen LogP contribution in [0.5, 0.6) is 11.5 Å². The number of H-pyrrole nitrogens is 1. The number of nitro groups is 1. The zero-order valence-electron chi connectivity index (χ0n) is 35.4. The summed E-state index contributed by atoms with van der Waals surface area (Å²) in [5.41, 5.74) is 4.10. The Balaban J connectivity index is 0.838. The molecule has 3 aromatic heterocycles. The summed E-state index contributed by atoms with van der Waals surface area (Å²) in [4.78, 5) is 41.3. The fourth-order valence-corrected chi connectivity index (χ4v) is 12.5. The first-order valence-electron chi connectivity index (χ1n) is 22.2. The van der Waals surface area contributed by atoms with E-state index < -0.39 is 42.6 Å². The van der Waals surface area contributed by atoms with E-state index in [0.29, 0.717) is 54.2 Å². The smallest absolute Gasteiger partial charge is 0.312 e. The van der Waals surface area contributed by atoms with Gasteiger partial charge in [-0.25, -0.2) is 23.1 Å². The maximum absolute atomic E-state index is 13.9. The van der Waals surface area contributed by atoms with Crippen LogP contribution in [0.25, 0.3) is 11.0 Å². The van der Waals surface area contributed by atoms with Crippen LogP contribution < -0.4 is 19.7 Å². The van der Waals surface area contributed by atoms with Crippen molar-refractivity contribution in [2.75, 3.05) is 61.1 Å². The number of fused-ring (bicyclic) bond motifs is 1. The van der Waals surface area contributed by atoms with Gasteiger partial charge in [0, 0.05) is 61.6 Å². The van der Waals surface area contributed by atoms with Gasteiger partial charge in [0.05, 0.1) is 42.1 Å². The topological polar surface area (TPSA) is 208 Å². The zero-order valence-corrected chi connectivity index (χ0v) is 37.1. The minimum Gasteiger partial charge on any atom is -0.616 e. The molecule has 18 heteroatoms. The van der Waals surface area contributed by atoms with Crippen molar-refractivity contribution in [3.8, 4) is 11.5 Å². The first-order valence-corrected chi connectivity index (χ1v) is 25.2. The minimum absolute atomic E-state index is 0.0470. The number of anilines is 2. The lowest BCUT2D eigenvalue weighted by molar-refractivity contribution is -0.384. The van der Waals surface area contributed by atoms with Crippen LogP contribution in [-0.2, 0) is 25.9 Å². The normalized spacial score (nSPS) is 22.8. The number of carbonyl (C=O) groups excluding carboxylic acids is 1. The van der Waals surface area contributed by atoms with Crippen LogP contribution in [0.4, 0.5) is 17.2 Å². The van der Waals surface area contributed by atoms with Crippen molar-refractivity contribution in [1.29, 1.82) is 0 Å². The Labute approximate surface area is 374 Å². The fourth-order valence-electron chi connectivity index (χ4n) is 10.2. The third kappa shape index (κ3) is 8.90. The predicted molar refractivity (Wildman–Crippen MR) is 243 cm³/mol. The van der Waals surface area contributed by atoms with Crippen molar-refractivity contribution in [2.45, 2.75) is 74.3 Å². The standard InChI is InChI=1S/C46H52N8O8S2/c55-45(51-64(59,60)36-23-40(54(56)57)44(50-28-36)48-26-30-10-19-63(58)20-11-30)39-8-7-33(22-42(39)62-35-21-32-9-14-47-43(32)49-27-35)52-15-12-46(13-16-52)24-34(25-46)53-17-18-61-29-41(53)38-4-2-1-3-37(38)31-5-6-31/h1-4,7-9,14,21-23,27-28,30-31,34,41H,5-6,10-13,15-20,24-26,29H2,(H,47,49)(H,48,50)(H,51,55)/t30?,41-,63?/m0/s1. The number of amides is 1. The number of benzene rings is 2. The Morgan fingerprint density at radius 1 is 0.984 bits per heavy atom. The molecule has 2 aromatic carbocycles. The molecule has 3 N–H and O–H groups in total. The maximum Gasteiger partial charge on any atom is 0.312 e. The molecule has 5 aliphatic rings. The number of pyridine rings is 2. The van der Waals surface area contributed by atoms with Crippen molar-refractivity contribution >= 4 is 55.3 Å². The van der Waals surface area contributed by atoms with Crippen molar-refractivity contribution in [3.05, 3.63) is 106 Å². The molecular weight excluding hydrogens is 857 g/mol. The SMILES string of the molecule is O=C(NS(=O)(=O)c1cnc(NCC2CC[S+]([O-])CC2)c([N+](=O)[O-])c1)c1ccc(N2CCC3(CC2)CC(N2CCOC[C@H]2c2ccccc2C2CC2)C3)cc1Oc1cnc2[nH]ccc2c1. The highest BCUT2D eigenvalue weighted by Gasteiger charge is 2.50. The van der Waals surface area contributed by atoms with Gasteiger partial charge in [0.2, 0.25) is 5.82 Å². The average Bonchev–Trinajstić information content (AvgIpc) is 4.04. The van der Waals surface area contributed by atoms with Gasteiger partial charge in [-0.3, -0.25) is 19.8 Å². The van der Waals surface area contributed by atoms with Gasteiger partial charge in [0.15, 0.2) is 0 Å². The van der Waals surface area contributed by atoms with Crippen LogP contribution in [0.3, 0.4) is 0 Å². The molecule has 0 unspecified atom stereocenters. The van der Waals surface area contributed by atoms with Crippen LogP contribution in [0.1, 0.15) is 84.8 Å². The van der Waals surface area contributed by atoms with E-state index in [2.05, 4.69) is 59.1 Å². The summed E-state index contributed by atoms with van der Waals surface area (Å²) in [6.45, 7) is 4.44. The lowest BCUT2D eigenvalue weighted by atomic mass is 9.59. The Bertz CT molecular complexity index is 2650. The van der Waals surface area contributed by atoms with E-state index in [1.165, 1.54) is 30.2 Å². The van der Waals surface area contributed by atoms with Crippen LogP contribution in [0, 0.1) is 21.4 Å². The van der Waals surface area contributed by atoms with Crippen LogP contribution >= 0.6 is 0 Å². The second kappa shape index (κ2) is 17.6. The highest BCUT2D eigenvalue weighted by molar-refractivity contribution is 7.91. The molecule has 5 fully saturated rings. The quantitative estimate of drug-likeness (QED) is 0.0616. The summed E-state index contributed by atoms with van der Waals surface area (Å²) < 4.78 is 53.6. The highest BCUT2D eigenvalue weighted by Crippen LogP contribution is 2.54. The number of ether oxygens (including phenoxy) is 2. The van der Waals surface area contributed by atoms with Crippen molar-refractivity contribution in [2.24, 2.45) is 11.3 Å². The Morgan fingerprint density at radius 2 is 1.77 bits per heavy atom. The summed E-state index contributed by atoms with van der Waals surface area (Å²) in [5.74, 6) is 1.40. The number of morpholine rings is 1. The minimum atomic E-state index is -4.63. The first kappa shape index (κ1) is 42.7. The van der Waals surface area contributed by atoms with Crippen molar-refractivity contribution in [1.82, 2.24) is 24.6 Å². The highest BCUT2D eigenvalue weighted by atomic mass is 32.2. The van der Waals surface area contributed by atoms with Crippen LogP contribution in [0.15, 0.2) is 84.1 Å². The molecule has 5 aromatic rings.